The van der Waals surface area contributed by atoms with Crippen molar-refractivity contribution in [3.8, 4) is 0 Å². The molecule has 0 saturated carbocycles. The summed E-state index contributed by atoms with van der Waals surface area (Å²) in [5.41, 5.74) is 0.313. The Balaban J connectivity index is 2.92. The molecule has 0 aliphatic rings. The Labute approximate surface area is 108 Å². The highest BCUT2D eigenvalue weighted by Gasteiger charge is 2.13. The van der Waals surface area contributed by atoms with Crippen LogP contribution in [-0.4, -0.2) is 17.0 Å². The molecule has 2 N–H and O–H groups in total. The van der Waals surface area contributed by atoms with Crippen LogP contribution in [0.3, 0.4) is 0 Å². The molecular weight excluding hydrogens is 261 g/mol. The largest absolute Gasteiger partial charge is 0.478 e. The smallest absolute Gasteiger partial charge is 0.331 e. The molecule has 0 saturated heterocycles. The van der Waals surface area contributed by atoms with Crippen LogP contribution in [-0.2, 0) is 9.59 Å². The van der Waals surface area contributed by atoms with Crippen molar-refractivity contribution >= 4 is 29.2 Å². The fourth-order valence-electron chi connectivity index (χ4n) is 1.13. The average molecular weight is 272 g/mol. The lowest BCUT2D eigenvalue weighted by atomic mass is 10.1. The molecule has 6 heteroatoms. The summed E-state index contributed by atoms with van der Waals surface area (Å²) in [6.45, 7) is 2.72. The van der Waals surface area contributed by atoms with Gasteiger partial charge in [0.25, 0.3) is 5.91 Å². The van der Waals surface area contributed by atoms with E-state index < -0.39 is 17.7 Å². The van der Waals surface area contributed by atoms with Gasteiger partial charge in [0.2, 0.25) is 0 Å². The molecule has 0 bridgehead atoms. The normalized spacial score (nSPS) is 11.8. The summed E-state index contributed by atoms with van der Waals surface area (Å²) >= 11 is 5.56. The van der Waals surface area contributed by atoms with Crippen molar-refractivity contribution in [1.82, 2.24) is 0 Å². The fourth-order valence-corrected chi connectivity index (χ4v) is 1.31. The maximum Gasteiger partial charge on any atom is 0.331 e. The third-order valence-corrected chi connectivity index (χ3v) is 2.69. The van der Waals surface area contributed by atoms with E-state index in [1.54, 1.807) is 0 Å². The lowest BCUT2D eigenvalue weighted by Gasteiger charge is -2.07. The third-order valence-electron chi connectivity index (χ3n) is 2.40. The predicted molar refractivity (Wildman–Crippen MR) is 66.0 cm³/mol. The first-order chi connectivity index (χ1) is 8.32. The summed E-state index contributed by atoms with van der Waals surface area (Å²) in [6, 6.07) is 3.70. The van der Waals surface area contributed by atoms with E-state index in [4.69, 9.17) is 16.7 Å². The second kappa shape index (κ2) is 5.64. The van der Waals surface area contributed by atoms with E-state index in [9.17, 15) is 14.0 Å². The number of rotatable bonds is 3. The molecule has 1 aromatic carbocycles. The minimum atomic E-state index is -1.17. The molecule has 0 aliphatic carbocycles. The van der Waals surface area contributed by atoms with Gasteiger partial charge >= 0.3 is 5.97 Å². The molecule has 0 aromatic heterocycles. The van der Waals surface area contributed by atoms with Gasteiger partial charge in [-0.05, 0) is 32.0 Å². The number of aliphatic carboxylic acids is 1. The van der Waals surface area contributed by atoms with Crippen LogP contribution in [0.4, 0.5) is 10.1 Å². The molecule has 1 amide bonds. The van der Waals surface area contributed by atoms with Gasteiger partial charge < -0.3 is 10.4 Å². The molecule has 0 fully saturated rings. The Hall–Kier alpha value is -1.88. The van der Waals surface area contributed by atoms with E-state index in [0.717, 1.165) is 6.07 Å². The predicted octanol–water partition coefficient (Wildman–Crippen LogP) is 2.84. The summed E-state index contributed by atoms with van der Waals surface area (Å²) in [5.74, 6) is -2.33. The number of hydrogen-bond acceptors (Lipinski definition) is 2. The minimum Gasteiger partial charge on any atom is -0.478 e. The molecule has 0 heterocycles. The Bertz CT molecular complexity index is 540. The zero-order chi connectivity index (χ0) is 13.9. The van der Waals surface area contributed by atoms with Gasteiger partial charge in [0.1, 0.15) is 5.82 Å². The molecular formula is C12H11ClFNO3. The van der Waals surface area contributed by atoms with Crippen LogP contribution in [0.25, 0.3) is 0 Å². The van der Waals surface area contributed by atoms with Gasteiger partial charge in [-0.25, -0.2) is 9.18 Å². The van der Waals surface area contributed by atoms with Crippen LogP contribution in [0.15, 0.2) is 29.3 Å². The monoisotopic (exact) mass is 271 g/mol. The van der Waals surface area contributed by atoms with Crippen LogP contribution >= 0.6 is 11.6 Å². The number of anilines is 1. The summed E-state index contributed by atoms with van der Waals surface area (Å²) in [4.78, 5) is 22.4. The Kier molecular flexibility index (Phi) is 4.44. The first-order valence-electron chi connectivity index (χ1n) is 5.00. The standard InChI is InChI=1S/C12H11ClFNO3/c1-6(7(2)12(17)18)11(16)15-8-3-4-10(14)9(13)5-8/h3-5H,1-2H3,(H,15,16)(H,17,18). The van der Waals surface area contributed by atoms with E-state index in [1.807, 2.05) is 0 Å². The highest BCUT2D eigenvalue weighted by atomic mass is 35.5. The van der Waals surface area contributed by atoms with Crippen LogP contribution in [0.5, 0.6) is 0 Å². The Morgan fingerprint density at radius 1 is 1.28 bits per heavy atom. The quantitative estimate of drug-likeness (QED) is 0.831. The lowest BCUT2D eigenvalue weighted by Crippen LogP contribution is -2.16. The highest BCUT2D eigenvalue weighted by molar-refractivity contribution is 6.31. The van der Waals surface area contributed by atoms with Crippen LogP contribution in [0.1, 0.15) is 13.8 Å². The number of hydrogen-bond donors (Lipinski definition) is 2. The number of nitrogens with one attached hydrogen (secondary N) is 1. The van der Waals surface area contributed by atoms with Gasteiger partial charge in [-0.15, -0.1) is 0 Å². The summed E-state index contributed by atoms with van der Waals surface area (Å²) in [6.07, 6.45) is 0. The van der Waals surface area contributed by atoms with Crippen LogP contribution in [0, 0.1) is 5.82 Å². The van der Waals surface area contributed by atoms with Crippen molar-refractivity contribution in [3.63, 3.8) is 0 Å². The second-order valence-corrected chi connectivity index (χ2v) is 4.05. The zero-order valence-electron chi connectivity index (χ0n) is 9.75. The first kappa shape index (κ1) is 14.2. The molecule has 0 spiro atoms. The maximum absolute atomic E-state index is 12.9. The minimum absolute atomic E-state index is 0.0549. The summed E-state index contributed by atoms with van der Waals surface area (Å²) in [7, 11) is 0. The molecule has 1 aromatic rings. The number of carboxylic acids is 1. The zero-order valence-corrected chi connectivity index (χ0v) is 10.5. The molecule has 0 aliphatic heterocycles. The van der Waals surface area contributed by atoms with E-state index in [2.05, 4.69) is 5.32 Å². The van der Waals surface area contributed by atoms with E-state index in [1.165, 1.54) is 26.0 Å². The van der Waals surface area contributed by atoms with Crippen molar-refractivity contribution in [1.29, 1.82) is 0 Å². The van der Waals surface area contributed by atoms with Crippen molar-refractivity contribution in [2.45, 2.75) is 13.8 Å². The SMILES string of the molecule is CC(C(=O)O)=C(C)C(=O)Nc1ccc(F)c(Cl)c1. The number of carboxylic acid groups (broad SMARTS) is 1. The van der Waals surface area contributed by atoms with Crippen molar-refractivity contribution in [3.05, 3.63) is 40.2 Å². The van der Waals surface area contributed by atoms with Gasteiger partial charge in [-0.1, -0.05) is 11.6 Å². The Morgan fingerprint density at radius 2 is 1.89 bits per heavy atom. The molecule has 96 valence electrons. The molecule has 4 nitrogen and oxygen atoms in total. The van der Waals surface area contributed by atoms with E-state index in [0.29, 0.717) is 5.69 Å². The number of halogens is 2. The van der Waals surface area contributed by atoms with Crippen molar-refractivity contribution < 1.29 is 19.1 Å². The molecule has 0 unspecified atom stereocenters. The number of amides is 1. The molecule has 0 radical (unpaired) electrons. The highest BCUT2D eigenvalue weighted by Crippen LogP contribution is 2.20. The number of benzene rings is 1. The maximum atomic E-state index is 12.9. The number of carbonyl (C=O) groups is 2. The number of carbonyl (C=O) groups excluding carboxylic acids is 1. The molecule has 1 rings (SSSR count). The topological polar surface area (TPSA) is 66.4 Å². The van der Waals surface area contributed by atoms with Gasteiger partial charge in [-0.3, -0.25) is 4.79 Å². The Morgan fingerprint density at radius 3 is 2.39 bits per heavy atom. The van der Waals surface area contributed by atoms with E-state index in [-0.39, 0.29) is 16.2 Å². The first-order valence-corrected chi connectivity index (χ1v) is 5.38. The van der Waals surface area contributed by atoms with Crippen LogP contribution < -0.4 is 5.32 Å². The average Bonchev–Trinajstić information content (AvgIpc) is 2.31. The summed E-state index contributed by atoms with van der Waals surface area (Å²) in [5, 5.41) is 11.1. The van der Waals surface area contributed by atoms with Gasteiger partial charge in [0, 0.05) is 16.8 Å². The van der Waals surface area contributed by atoms with Crippen molar-refractivity contribution in [2.24, 2.45) is 0 Å². The van der Waals surface area contributed by atoms with E-state index >= 15 is 0 Å². The van der Waals surface area contributed by atoms with Gasteiger partial charge in [-0.2, -0.15) is 0 Å². The summed E-state index contributed by atoms with van der Waals surface area (Å²) < 4.78 is 12.9. The lowest BCUT2D eigenvalue weighted by molar-refractivity contribution is -0.133. The molecule has 18 heavy (non-hydrogen) atoms. The third kappa shape index (κ3) is 3.30. The van der Waals surface area contributed by atoms with Crippen LogP contribution in [0.2, 0.25) is 5.02 Å². The molecule has 0 atom stereocenters. The second-order valence-electron chi connectivity index (χ2n) is 3.64. The van der Waals surface area contributed by atoms with Gasteiger partial charge in [0.05, 0.1) is 5.02 Å². The fraction of sp³-hybridized carbons (Fsp3) is 0.167. The van der Waals surface area contributed by atoms with Gasteiger partial charge in [0.15, 0.2) is 0 Å². The van der Waals surface area contributed by atoms with Crippen molar-refractivity contribution in [2.75, 3.05) is 5.32 Å².